The van der Waals surface area contributed by atoms with Crippen LogP contribution >= 0.6 is 15.9 Å². The maximum absolute atomic E-state index is 13.4. The smallest absolute Gasteiger partial charge is 0.294 e. The normalized spacial score (nSPS) is 17.0. The second-order valence-corrected chi connectivity index (χ2v) is 9.63. The number of pyridine rings is 1. The van der Waals surface area contributed by atoms with Gasteiger partial charge in [-0.15, -0.1) is 0 Å². The van der Waals surface area contributed by atoms with Crippen molar-refractivity contribution in [2.24, 2.45) is 0 Å². The molecule has 4 rings (SSSR count). The number of rotatable bonds is 6. The number of nitro benzene ring substituents is 1. The van der Waals surface area contributed by atoms with E-state index in [1.807, 2.05) is 6.07 Å². The van der Waals surface area contributed by atoms with Gasteiger partial charge in [0.25, 0.3) is 17.5 Å². The molecule has 0 saturated heterocycles. The van der Waals surface area contributed by atoms with Gasteiger partial charge in [0.05, 0.1) is 27.7 Å². The van der Waals surface area contributed by atoms with Crippen LogP contribution in [0.4, 0.5) is 11.4 Å². The number of nitro groups is 1. The van der Waals surface area contributed by atoms with Crippen molar-refractivity contribution in [2.45, 2.75) is 37.8 Å². The molecule has 3 aromatic rings. The highest BCUT2D eigenvalue weighted by Gasteiger charge is 2.31. The molecular formula is C25H23BrN6O5. The van der Waals surface area contributed by atoms with Gasteiger partial charge in [0.15, 0.2) is 0 Å². The summed E-state index contributed by atoms with van der Waals surface area (Å²) in [5.41, 5.74) is 0.337. The van der Waals surface area contributed by atoms with Crippen molar-refractivity contribution in [2.75, 3.05) is 12.4 Å². The number of aromatic nitrogens is 1. The van der Waals surface area contributed by atoms with Crippen LogP contribution in [0.5, 0.6) is 0 Å². The lowest BCUT2D eigenvalue weighted by Gasteiger charge is -2.34. The molecular weight excluding hydrogens is 544 g/mol. The van der Waals surface area contributed by atoms with Crippen LogP contribution in [0, 0.1) is 21.4 Å². The number of hydrogen-bond acceptors (Lipinski definition) is 7. The van der Waals surface area contributed by atoms with Crippen LogP contribution in [0.2, 0.25) is 0 Å². The maximum Gasteiger partial charge on any atom is 0.294 e. The molecule has 2 amide bonds. The van der Waals surface area contributed by atoms with E-state index in [1.54, 1.807) is 12.1 Å². The van der Waals surface area contributed by atoms with Crippen LogP contribution < -0.4 is 21.5 Å². The number of halogens is 1. The third-order valence-electron chi connectivity index (χ3n) is 6.38. The zero-order valence-electron chi connectivity index (χ0n) is 19.8. The third-order valence-corrected chi connectivity index (χ3v) is 6.84. The molecule has 4 N–H and O–H groups in total. The Morgan fingerprint density at radius 2 is 1.84 bits per heavy atom. The van der Waals surface area contributed by atoms with Crippen LogP contribution in [-0.4, -0.2) is 40.9 Å². The second-order valence-electron chi connectivity index (χ2n) is 8.72. The van der Waals surface area contributed by atoms with E-state index in [2.05, 4.69) is 36.9 Å². The molecule has 1 aliphatic rings. The summed E-state index contributed by atoms with van der Waals surface area (Å²) in [5, 5.41) is 30.2. The fourth-order valence-electron chi connectivity index (χ4n) is 4.62. The fourth-order valence-corrected chi connectivity index (χ4v) is 5.07. The highest BCUT2D eigenvalue weighted by molar-refractivity contribution is 9.10. The van der Waals surface area contributed by atoms with Gasteiger partial charge in [-0.25, -0.2) is 0 Å². The topological polar surface area (TPSA) is 170 Å². The minimum atomic E-state index is -0.564. The van der Waals surface area contributed by atoms with Crippen molar-refractivity contribution in [3.8, 4) is 6.07 Å². The number of carbonyl (C=O) groups is 2. The van der Waals surface area contributed by atoms with Crippen molar-refractivity contribution in [1.82, 2.24) is 15.6 Å². The molecule has 1 saturated carbocycles. The first-order valence-corrected chi connectivity index (χ1v) is 12.4. The van der Waals surface area contributed by atoms with Crippen molar-refractivity contribution in [1.29, 1.82) is 5.26 Å². The van der Waals surface area contributed by atoms with E-state index in [4.69, 9.17) is 0 Å². The lowest BCUT2D eigenvalue weighted by atomic mass is 9.89. The number of hydrogen-bond donors (Lipinski definition) is 4. The van der Waals surface area contributed by atoms with Crippen LogP contribution in [-0.2, 0) is 0 Å². The van der Waals surface area contributed by atoms with Gasteiger partial charge in [0.2, 0.25) is 5.56 Å². The highest BCUT2D eigenvalue weighted by atomic mass is 79.9. The lowest BCUT2D eigenvalue weighted by Crippen LogP contribution is -2.49. The summed E-state index contributed by atoms with van der Waals surface area (Å²) in [7, 11) is 1.44. The number of nitrogens with zero attached hydrogens (tertiary/aromatic N) is 2. The summed E-state index contributed by atoms with van der Waals surface area (Å²) in [5.74, 6) is -0.992. The van der Waals surface area contributed by atoms with Crippen LogP contribution in [0.3, 0.4) is 0 Å². The van der Waals surface area contributed by atoms with Gasteiger partial charge in [0, 0.05) is 46.6 Å². The largest absolute Gasteiger partial charge is 0.374 e. The number of nitriles is 1. The number of H-pyrrole nitrogens is 1. The maximum atomic E-state index is 13.4. The molecule has 1 heterocycles. The Balaban J connectivity index is 1.68. The Morgan fingerprint density at radius 1 is 1.11 bits per heavy atom. The summed E-state index contributed by atoms with van der Waals surface area (Å²) in [4.78, 5) is 52.0. The van der Waals surface area contributed by atoms with Crippen LogP contribution in [0.1, 0.15) is 52.0 Å². The Morgan fingerprint density at radius 3 is 2.51 bits per heavy atom. The van der Waals surface area contributed by atoms with Gasteiger partial charge in [-0.2, -0.15) is 5.26 Å². The molecule has 0 radical (unpaired) electrons. The summed E-state index contributed by atoms with van der Waals surface area (Å²) in [6.45, 7) is 0. The number of fused-ring (bicyclic) bond motifs is 1. The number of amides is 2. The zero-order chi connectivity index (χ0) is 26.7. The molecule has 1 aliphatic carbocycles. The summed E-state index contributed by atoms with van der Waals surface area (Å²) in [6.07, 6.45) is 2.83. The molecule has 1 aromatic heterocycles. The number of carbonyl (C=O) groups excluding carboxylic acids is 2. The van der Waals surface area contributed by atoms with Crippen LogP contribution in [0.15, 0.2) is 45.7 Å². The van der Waals surface area contributed by atoms with Gasteiger partial charge < -0.3 is 20.9 Å². The van der Waals surface area contributed by atoms with Gasteiger partial charge in [0.1, 0.15) is 5.69 Å². The highest BCUT2D eigenvalue weighted by Crippen LogP contribution is 2.35. The molecule has 0 bridgehead atoms. The van der Waals surface area contributed by atoms with E-state index in [-0.39, 0.29) is 22.5 Å². The lowest BCUT2D eigenvalue weighted by molar-refractivity contribution is -0.384. The predicted octanol–water partition coefficient (Wildman–Crippen LogP) is 3.58. The Hall–Kier alpha value is -4.24. The number of nitrogens with one attached hydrogen (secondary N) is 4. The van der Waals surface area contributed by atoms with E-state index in [1.165, 1.54) is 31.3 Å². The minimum Gasteiger partial charge on any atom is -0.374 e. The van der Waals surface area contributed by atoms with Gasteiger partial charge >= 0.3 is 0 Å². The van der Waals surface area contributed by atoms with Crippen molar-refractivity contribution >= 4 is 50.0 Å². The summed E-state index contributed by atoms with van der Waals surface area (Å²) >= 11 is 3.23. The first kappa shape index (κ1) is 25.8. The average Bonchev–Trinajstić information content (AvgIpc) is 2.88. The molecule has 0 spiro atoms. The SMILES string of the molecule is CNC(=O)c1cc(Br)cc([N+](=O)[O-])c1N[C@@H]1CCCC[C@@H]1NC(=O)c1cc(=O)[nH]c2ccc(C#N)cc12. The summed E-state index contributed by atoms with van der Waals surface area (Å²) < 4.78 is 0.384. The molecule has 0 aliphatic heterocycles. The molecule has 2 atom stereocenters. The van der Waals surface area contributed by atoms with E-state index in [0.717, 1.165) is 12.8 Å². The first-order chi connectivity index (χ1) is 17.7. The quantitative estimate of drug-likeness (QED) is 0.261. The minimum absolute atomic E-state index is 0.0685. The monoisotopic (exact) mass is 566 g/mol. The summed E-state index contributed by atoms with van der Waals surface area (Å²) in [6, 6.07) is 9.85. The zero-order valence-corrected chi connectivity index (χ0v) is 21.3. The number of anilines is 1. The molecule has 0 unspecified atom stereocenters. The first-order valence-electron chi connectivity index (χ1n) is 11.6. The Labute approximate surface area is 219 Å². The standard InChI is InChI=1S/C25H23BrN6O5/c1-28-24(34)17-9-14(26)10-21(32(36)37)23(17)30-19-4-2-3-5-20(19)31-25(35)16-11-22(33)29-18-7-6-13(12-27)8-15(16)18/h6-11,19-20,30H,2-5H2,1H3,(H,28,34)(H,29,33)(H,31,35)/t19-,20+/m1/s1. The molecule has 37 heavy (non-hydrogen) atoms. The van der Waals surface area contributed by atoms with Crippen molar-refractivity contribution < 1.29 is 14.5 Å². The van der Waals surface area contributed by atoms with Crippen molar-refractivity contribution in [3.05, 3.63) is 78.0 Å². The Kier molecular flexibility index (Phi) is 7.54. The third kappa shape index (κ3) is 5.46. The van der Waals surface area contributed by atoms with E-state index >= 15 is 0 Å². The Bertz CT molecular complexity index is 1510. The average molecular weight is 567 g/mol. The van der Waals surface area contributed by atoms with E-state index < -0.39 is 34.4 Å². The van der Waals surface area contributed by atoms with Gasteiger partial charge in [-0.3, -0.25) is 24.5 Å². The predicted molar refractivity (Wildman–Crippen MR) is 141 cm³/mol. The van der Waals surface area contributed by atoms with E-state index in [9.17, 15) is 29.8 Å². The number of aromatic amines is 1. The van der Waals surface area contributed by atoms with Gasteiger partial charge in [-0.05, 0) is 37.1 Å². The van der Waals surface area contributed by atoms with Gasteiger partial charge in [-0.1, -0.05) is 28.8 Å². The molecule has 190 valence electrons. The molecule has 2 aromatic carbocycles. The molecule has 1 fully saturated rings. The van der Waals surface area contributed by atoms with E-state index in [0.29, 0.717) is 33.8 Å². The second kappa shape index (κ2) is 10.8. The van der Waals surface area contributed by atoms with Crippen molar-refractivity contribution in [3.63, 3.8) is 0 Å². The van der Waals surface area contributed by atoms with Crippen LogP contribution in [0.25, 0.3) is 10.9 Å². The number of benzene rings is 2. The molecule has 12 heteroatoms. The fraction of sp³-hybridized carbons (Fsp3) is 0.280. The molecule has 11 nitrogen and oxygen atoms in total.